The van der Waals surface area contributed by atoms with Gasteiger partial charge in [-0.05, 0) is 38.0 Å². The third-order valence-corrected chi connectivity index (χ3v) is 3.34. The molecule has 0 amide bonds. The summed E-state index contributed by atoms with van der Waals surface area (Å²) in [6.07, 6.45) is 2.67. The first-order valence-corrected chi connectivity index (χ1v) is 4.19. The van der Waals surface area contributed by atoms with Crippen LogP contribution in [-0.2, 0) is 4.74 Å². The maximum Gasteiger partial charge on any atom is 0.0659 e. The number of rotatable bonds is 0. The van der Waals surface area contributed by atoms with Gasteiger partial charge >= 0.3 is 0 Å². The van der Waals surface area contributed by atoms with E-state index in [1.54, 1.807) is 0 Å². The predicted octanol–water partition coefficient (Wildman–Crippen LogP) is 2.21. The van der Waals surface area contributed by atoms with Crippen molar-refractivity contribution in [2.24, 2.45) is 11.3 Å². The Morgan fingerprint density at radius 2 is 2.00 bits per heavy atom. The highest BCUT2D eigenvalue weighted by atomic mass is 16.5. The largest absolute Gasteiger partial charge is 0.375 e. The van der Waals surface area contributed by atoms with Crippen molar-refractivity contribution < 1.29 is 4.74 Å². The second kappa shape index (κ2) is 1.58. The van der Waals surface area contributed by atoms with Crippen LogP contribution in [0.3, 0.4) is 0 Å². The van der Waals surface area contributed by atoms with Crippen LogP contribution >= 0.6 is 0 Å². The summed E-state index contributed by atoms with van der Waals surface area (Å²) in [6, 6.07) is 0. The number of hydrogen-bond donors (Lipinski definition) is 0. The van der Waals surface area contributed by atoms with Gasteiger partial charge < -0.3 is 4.74 Å². The van der Waals surface area contributed by atoms with Crippen molar-refractivity contribution in [2.75, 3.05) is 6.61 Å². The molecule has 1 saturated heterocycles. The summed E-state index contributed by atoms with van der Waals surface area (Å²) in [4.78, 5) is 0. The van der Waals surface area contributed by atoms with E-state index in [1.165, 1.54) is 12.8 Å². The molecule has 2 atom stereocenters. The summed E-state index contributed by atoms with van der Waals surface area (Å²) >= 11 is 0. The van der Waals surface area contributed by atoms with E-state index in [0.717, 1.165) is 12.5 Å². The summed E-state index contributed by atoms with van der Waals surface area (Å²) in [5, 5.41) is 0. The molecule has 0 aromatic heterocycles. The fraction of sp³-hybridized carbons (Fsp3) is 1.00. The predicted molar refractivity (Wildman–Crippen MR) is 40.9 cm³/mol. The van der Waals surface area contributed by atoms with Gasteiger partial charge in [-0.15, -0.1) is 0 Å². The van der Waals surface area contributed by atoms with E-state index < -0.39 is 0 Å². The molecule has 1 unspecified atom stereocenters. The lowest BCUT2D eigenvalue weighted by atomic mass is 9.90. The quantitative estimate of drug-likeness (QED) is 0.501. The zero-order chi connectivity index (χ0) is 7.41. The molecule has 2 rings (SSSR count). The molecule has 1 saturated carbocycles. The van der Waals surface area contributed by atoms with Gasteiger partial charge in [0.25, 0.3) is 0 Å². The smallest absolute Gasteiger partial charge is 0.0659 e. The molecule has 0 aromatic rings. The Morgan fingerprint density at radius 1 is 1.30 bits per heavy atom. The van der Waals surface area contributed by atoms with E-state index in [0.29, 0.717) is 5.41 Å². The molecule has 1 heteroatoms. The molecule has 1 heterocycles. The second-order valence-electron chi connectivity index (χ2n) is 4.61. The summed E-state index contributed by atoms with van der Waals surface area (Å²) < 4.78 is 5.68. The maximum absolute atomic E-state index is 5.68. The van der Waals surface area contributed by atoms with Crippen LogP contribution in [0.2, 0.25) is 0 Å². The van der Waals surface area contributed by atoms with Gasteiger partial charge in [-0.2, -0.15) is 0 Å². The average molecular weight is 140 g/mol. The summed E-state index contributed by atoms with van der Waals surface area (Å²) in [5.41, 5.74) is 0.828. The molecule has 2 aliphatic rings. The Balaban J connectivity index is 2.16. The fourth-order valence-corrected chi connectivity index (χ4v) is 2.42. The van der Waals surface area contributed by atoms with Crippen molar-refractivity contribution in [3.8, 4) is 0 Å². The lowest BCUT2D eigenvalue weighted by Crippen LogP contribution is -2.34. The molecule has 1 aliphatic heterocycles. The highest BCUT2D eigenvalue weighted by molar-refractivity contribution is 5.08. The molecule has 1 aliphatic carbocycles. The Morgan fingerprint density at radius 3 is 2.50 bits per heavy atom. The van der Waals surface area contributed by atoms with Crippen LogP contribution in [0.25, 0.3) is 0 Å². The Kier molecular flexibility index (Phi) is 1.05. The first kappa shape index (κ1) is 6.66. The zero-order valence-corrected chi connectivity index (χ0v) is 7.11. The second-order valence-corrected chi connectivity index (χ2v) is 4.61. The van der Waals surface area contributed by atoms with E-state index in [1.807, 2.05) is 0 Å². The molecule has 58 valence electrons. The number of fused-ring (bicyclic) bond motifs is 1. The highest BCUT2D eigenvalue weighted by Gasteiger charge is 2.59. The first-order valence-electron chi connectivity index (χ1n) is 4.19. The van der Waals surface area contributed by atoms with Crippen molar-refractivity contribution in [2.45, 2.75) is 39.2 Å². The number of ether oxygens (including phenoxy) is 1. The van der Waals surface area contributed by atoms with E-state index in [9.17, 15) is 0 Å². The third kappa shape index (κ3) is 0.731. The van der Waals surface area contributed by atoms with Crippen LogP contribution < -0.4 is 0 Å². The van der Waals surface area contributed by atoms with E-state index in [2.05, 4.69) is 20.8 Å². The van der Waals surface area contributed by atoms with Gasteiger partial charge in [0, 0.05) is 6.61 Å². The van der Waals surface area contributed by atoms with Crippen LogP contribution in [0.5, 0.6) is 0 Å². The van der Waals surface area contributed by atoms with Gasteiger partial charge in [0.2, 0.25) is 0 Å². The van der Waals surface area contributed by atoms with Crippen LogP contribution in [-0.4, -0.2) is 12.2 Å². The van der Waals surface area contributed by atoms with Crippen LogP contribution in [0, 0.1) is 11.3 Å². The van der Waals surface area contributed by atoms with Gasteiger partial charge in [-0.1, -0.05) is 6.92 Å². The fourth-order valence-electron chi connectivity index (χ4n) is 2.42. The van der Waals surface area contributed by atoms with Crippen LogP contribution in [0.15, 0.2) is 0 Å². The van der Waals surface area contributed by atoms with Gasteiger partial charge in [0.1, 0.15) is 0 Å². The van der Waals surface area contributed by atoms with Gasteiger partial charge in [-0.3, -0.25) is 0 Å². The topological polar surface area (TPSA) is 9.23 Å². The normalized spacial score (nSPS) is 50.1. The Hall–Kier alpha value is -0.0400. The minimum absolute atomic E-state index is 0.174. The molecular formula is C9H16O. The monoisotopic (exact) mass is 140 g/mol. The van der Waals surface area contributed by atoms with Gasteiger partial charge in [-0.25, -0.2) is 0 Å². The van der Waals surface area contributed by atoms with Crippen molar-refractivity contribution in [3.05, 3.63) is 0 Å². The Labute approximate surface area is 62.8 Å². The van der Waals surface area contributed by atoms with Crippen LogP contribution in [0.1, 0.15) is 33.6 Å². The summed E-state index contributed by atoms with van der Waals surface area (Å²) in [7, 11) is 0. The summed E-state index contributed by atoms with van der Waals surface area (Å²) in [6.45, 7) is 7.81. The van der Waals surface area contributed by atoms with Crippen molar-refractivity contribution in [1.29, 1.82) is 0 Å². The SMILES string of the molecule is CC12CCOC(C)(C)[C@@H]1C2. The maximum atomic E-state index is 5.68. The summed E-state index contributed by atoms with van der Waals surface area (Å²) in [5.74, 6) is 0.841. The van der Waals surface area contributed by atoms with Crippen molar-refractivity contribution in [3.63, 3.8) is 0 Å². The minimum atomic E-state index is 0.174. The lowest BCUT2D eigenvalue weighted by molar-refractivity contribution is -0.0754. The van der Waals surface area contributed by atoms with Gasteiger partial charge in [0.05, 0.1) is 5.60 Å². The molecule has 0 spiro atoms. The van der Waals surface area contributed by atoms with E-state index in [4.69, 9.17) is 4.74 Å². The molecule has 0 aromatic carbocycles. The van der Waals surface area contributed by atoms with Crippen LogP contribution in [0.4, 0.5) is 0 Å². The molecule has 0 radical (unpaired) electrons. The molecular weight excluding hydrogens is 124 g/mol. The third-order valence-electron chi connectivity index (χ3n) is 3.34. The molecule has 0 N–H and O–H groups in total. The minimum Gasteiger partial charge on any atom is -0.375 e. The Bertz CT molecular complexity index is 162. The van der Waals surface area contributed by atoms with Crippen molar-refractivity contribution >= 4 is 0 Å². The molecule has 2 fully saturated rings. The molecule has 10 heavy (non-hydrogen) atoms. The molecule has 1 nitrogen and oxygen atoms in total. The zero-order valence-electron chi connectivity index (χ0n) is 7.11. The number of hydrogen-bond acceptors (Lipinski definition) is 1. The van der Waals surface area contributed by atoms with E-state index >= 15 is 0 Å². The first-order chi connectivity index (χ1) is 4.55. The van der Waals surface area contributed by atoms with Gasteiger partial charge in [0.15, 0.2) is 0 Å². The highest BCUT2D eigenvalue weighted by Crippen LogP contribution is 2.63. The molecule has 0 bridgehead atoms. The van der Waals surface area contributed by atoms with E-state index in [-0.39, 0.29) is 5.60 Å². The lowest BCUT2D eigenvalue weighted by Gasteiger charge is -2.33. The van der Waals surface area contributed by atoms with Crippen molar-refractivity contribution in [1.82, 2.24) is 0 Å². The standard InChI is InChI=1S/C9H16O/c1-8(2)7-6-9(7,3)4-5-10-8/h7H,4-6H2,1-3H3/t7-,9?/m0/s1. The average Bonchev–Trinajstić information content (AvgIpc) is 2.41.